The van der Waals surface area contributed by atoms with Gasteiger partial charge < -0.3 is 0 Å². The molecule has 0 aliphatic rings. The lowest BCUT2D eigenvalue weighted by atomic mass is 10.1. The van der Waals surface area contributed by atoms with Gasteiger partial charge in [0.05, 0.1) is 0 Å². The van der Waals surface area contributed by atoms with E-state index in [0.29, 0.717) is 6.42 Å². The highest BCUT2D eigenvalue weighted by atomic mass is 13.9. The predicted molar refractivity (Wildman–Crippen MR) is 48.3 cm³/mol. The van der Waals surface area contributed by atoms with Crippen LogP contribution in [0.3, 0.4) is 0 Å². The van der Waals surface area contributed by atoms with Gasteiger partial charge in [-0.25, -0.2) is 0 Å². The van der Waals surface area contributed by atoms with Crippen molar-refractivity contribution >= 4 is 0 Å². The molecule has 3 unspecified atom stereocenters. The maximum atomic E-state index is 7.66. The van der Waals surface area contributed by atoms with Crippen LogP contribution < -0.4 is 0 Å². The van der Waals surface area contributed by atoms with Gasteiger partial charge in [-0.2, -0.15) is 0 Å². The Labute approximate surface area is 71.6 Å². The summed E-state index contributed by atoms with van der Waals surface area (Å²) in [5.41, 5.74) is 0. The van der Waals surface area contributed by atoms with Crippen LogP contribution in [0.15, 0.2) is 0 Å². The summed E-state index contributed by atoms with van der Waals surface area (Å²) in [6.07, 6.45) is 3.32. The van der Waals surface area contributed by atoms with E-state index in [9.17, 15) is 0 Å². The Morgan fingerprint density at radius 1 is 1.10 bits per heavy atom. The van der Waals surface area contributed by atoms with Gasteiger partial charge >= 0.3 is 0 Å². The van der Waals surface area contributed by atoms with Crippen LogP contribution in [-0.2, 0) is 0 Å². The summed E-state index contributed by atoms with van der Waals surface area (Å²) in [5.74, 6) is 0. The first-order valence-electron chi connectivity index (χ1n) is 6.63. The van der Waals surface area contributed by atoms with Gasteiger partial charge in [-0.15, -0.1) is 0 Å². The molecule has 0 spiro atoms. The second-order valence-corrected chi connectivity index (χ2v) is 2.51. The highest BCUT2D eigenvalue weighted by Gasteiger charge is 1.87. The van der Waals surface area contributed by atoms with Crippen LogP contribution in [0.25, 0.3) is 0 Å². The zero-order valence-corrected chi connectivity index (χ0v) is 6.97. The van der Waals surface area contributed by atoms with Crippen molar-refractivity contribution in [3.63, 3.8) is 0 Å². The topological polar surface area (TPSA) is 0 Å². The van der Waals surface area contributed by atoms with Crippen LogP contribution in [0.1, 0.15) is 70.6 Å². The monoisotopic (exact) mass is 146 g/mol. The quantitative estimate of drug-likeness (QED) is 0.473. The molecule has 0 heteroatoms. The summed E-state index contributed by atoms with van der Waals surface area (Å²) in [4.78, 5) is 0. The molecule has 0 aromatic heterocycles. The minimum absolute atomic E-state index is 0.0570. The average molecular weight is 146 g/mol. The molecule has 0 aliphatic heterocycles. The van der Waals surface area contributed by atoms with Gasteiger partial charge in [0.25, 0.3) is 0 Å². The van der Waals surface area contributed by atoms with E-state index in [-0.39, 0.29) is 6.90 Å². The zero-order valence-electron chi connectivity index (χ0n) is 11.0. The Hall–Kier alpha value is 0. The molecule has 0 saturated heterocycles. The molecule has 0 saturated carbocycles. The lowest BCUT2D eigenvalue weighted by Crippen LogP contribution is -1.77. The molecule has 3 atom stereocenters. The predicted octanol–water partition coefficient (Wildman–Crippen LogP) is 4.15. The van der Waals surface area contributed by atoms with Crippen LogP contribution in [0.4, 0.5) is 0 Å². The molecule has 0 amide bonds. The molecule has 0 radical (unpaired) electrons. The maximum absolute atomic E-state index is 7.66. The summed E-state index contributed by atoms with van der Waals surface area (Å²) in [6, 6.07) is 0. The SMILES string of the molecule is [2H]CC([2H])C([2H])C([2H])CCCCCC. The van der Waals surface area contributed by atoms with Gasteiger partial charge in [0.2, 0.25) is 0 Å². The van der Waals surface area contributed by atoms with Crippen LogP contribution in [-0.4, -0.2) is 0 Å². The molecule has 10 heavy (non-hydrogen) atoms. The van der Waals surface area contributed by atoms with Crippen molar-refractivity contribution in [2.45, 2.75) is 65.1 Å². The molecule has 0 aromatic carbocycles. The fourth-order valence-corrected chi connectivity index (χ4v) is 0.881. The van der Waals surface area contributed by atoms with E-state index in [1.807, 2.05) is 0 Å². The smallest absolute Gasteiger partial charge is 0.0267 e. The molecule has 0 rings (SSSR count). The Bertz CT molecular complexity index is 129. The molecule has 0 heterocycles. The van der Waals surface area contributed by atoms with Gasteiger partial charge in [-0.1, -0.05) is 65.1 Å². The maximum Gasteiger partial charge on any atom is 0.0267 e. The van der Waals surface area contributed by atoms with E-state index < -0.39 is 19.2 Å². The zero-order chi connectivity index (χ0) is 11.0. The summed E-state index contributed by atoms with van der Waals surface area (Å²) in [5, 5.41) is 0. The highest BCUT2D eigenvalue weighted by Crippen LogP contribution is 2.07. The number of hydrogen-bond donors (Lipinski definition) is 0. The molecule has 0 fully saturated rings. The minimum Gasteiger partial charge on any atom is -0.0654 e. The first kappa shape index (κ1) is 4.79. The van der Waals surface area contributed by atoms with Crippen molar-refractivity contribution in [2.24, 2.45) is 0 Å². The second-order valence-electron chi connectivity index (χ2n) is 2.51. The molecular formula is C10H22. The summed E-state index contributed by atoms with van der Waals surface area (Å²) in [7, 11) is 0. The molecule has 0 bridgehead atoms. The van der Waals surface area contributed by atoms with Crippen molar-refractivity contribution in [3.8, 4) is 0 Å². The number of rotatable bonds is 7. The van der Waals surface area contributed by atoms with E-state index in [4.69, 9.17) is 5.48 Å². The van der Waals surface area contributed by atoms with E-state index in [0.717, 1.165) is 12.8 Å². The highest BCUT2D eigenvalue weighted by molar-refractivity contribution is 4.43. The second kappa shape index (κ2) is 9.00. The van der Waals surface area contributed by atoms with Gasteiger partial charge in [-0.3, -0.25) is 0 Å². The normalized spacial score (nSPS) is 25.3. The molecule has 0 aliphatic carbocycles. The molecule has 0 N–H and O–H groups in total. The number of hydrogen-bond acceptors (Lipinski definition) is 0. The summed E-state index contributed by atoms with van der Waals surface area (Å²) < 4.78 is 29.6. The van der Waals surface area contributed by atoms with Crippen LogP contribution in [0.5, 0.6) is 0 Å². The summed E-state index contributed by atoms with van der Waals surface area (Å²) in [6.45, 7) is 2.09. The fourth-order valence-electron chi connectivity index (χ4n) is 0.881. The van der Waals surface area contributed by atoms with E-state index in [1.165, 1.54) is 12.8 Å². The van der Waals surface area contributed by atoms with Gasteiger partial charge in [0, 0.05) is 5.48 Å². The lowest BCUT2D eigenvalue weighted by Gasteiger charge is -1.97. The van der Waals surface area contributed by atoms with Gasteiger partial charge in [0.15, 0.2) is 0 Å². The van der Waals surface area contributed by atoms with E-state index >= 15 is 0 Å². The average Bonchev–Trinajstić information content (AvgIpc) is 2.21. The van der Waals surface area contributed by atoms with Crippen LogP contribution in [0, 0.1) is 0 Å². The Kier molecular flexibility index (Phi) is 4.31. The number of unbranched alkanes of at least 4 members (excludes halogenated alkanes) is 3. The van der Waals surface area contributed by atoms with Crippen molar-refractivity contribution in [3.05, 3.63) is 0 Å². The molecule has 0 nitrogen and oxygen atoms in total. The van der Waals surface area contributed by atoms with Crippen LogP contribution in [0.2, 0.25) is 0 Å². The van der Waals surface area contributed by atoms with Crippen molar-refractivity contribution in [1.29, 1.82) is 0 Å². The molecule has 0 aromatic rings. The molecular weight excluding hydrogens is 120 g/mol. The Morgan fingerprint density at radius 3 is 2.60 bits per heavy atom. The van der Waals surface area contributed by atoms with Crippen molar-refractivity contribution < 1.29 is 5.48 Å². The Balaban J connectivity index is 3.56. The van der Waals surface area contributed by atoms with Crippen LogP contribution >= 0.6 is 0 Å². The largest absolute Gasteiger partial charge is 0.0654 e. The third kappa shape index (κ3) is 8.00. The van der Waals surface area contributed by atoms with E-state index in [2.05, 4.69) is 6.92 Å². The van der Waals surface area contributed by atoms with Gasteiger partial charge in [0.1, 0.15) is 0 Å². The standard InChI is InChI=1S/C10H22/c1-3-5-7-9-10-8-6-4-2/h3-10H2,1-2H3/i1D,3D,5D,7D. The van der Waals surface area contributed by atoms with E-state index in [1.54, 1.807) is 0 Å². The Morgan fingerprint density at radius 2 is 1.90 bits per heavy atom. The first-order chi connectivity index (χ1) is 6.63. The molecule has 62 valence electrons. The third-order valence-electron chi connectivity index (χ3n) is 1.50. The van der Waals surface area contributed by atoms with Gasteiger partial charge in [-0.05, 0) is 0 Å². The first-order valence-corrected chi connectivity index (χ1v) is 4.19. The van der Waals surface area contributed by atoms with Crippen molar-refractivity contribution in [2.75, 3.05) is 0 Å². The lowest BCUT2D eigenvalue weighted by molar-refractivity contribution is 0.585. The summed E-state index contributed by atoms with van der Waals surface area (Å²) >= 11 is 0. The third-order valence-corrected chi connectivity index (χ3v) is 1.50. The fraction of sp³-hybridized carbons (Fsp3) is 1.00. The minimum atomic E-state index is -0.705. The van der Waals surface area contributed by atoms with Crippen molar-refractivity contribution in [1.82, 2.24) is 0 Å².